The second-order valence-electron chi connectivity index (χ2n) is 6.51. The topological polar surface area (TPSA) is 97.8 Å². The summed E-state index contributed by atoms with van der Waals surface area (Å²) in [5, 5.41) is 11.6. The van der Waals surface area contributed by atoms with Gasteiger partial charge in [-0.1, -0.05) is 6.58 Å². The number of halogens is 2. The van der Waals surface area contributed by atoms with Crippen molar-refractivity contribution in [3.63, 3.8) is 0 Å². The SMILES string of the molecule is C=C/N=C1/NC=C/C1=C(/N)N1CCC[C@]2(C1)N(C(=O)CC#N)CC2(F)F. The molecule has 3 rings (SSSR count). The van der Waals surface area contributed by atoms with Crippen molar-refractivity contribution in [3.05, 3.63) is 36.4 Å². The van der Waals surface area contributed by atoms with Crippen molar-refractivity contribution in [1.29, 1.82) is 5.26 Å². The number of nitrogens with zero attached hydrogens (tertiary/aromatic N) is 4. The number of likely N-dealkylation sites (tertiary alicyclic amines) is 2. The second-order valence-corrected chi connectivity index (χ2v) is 6.51. The molecule has 0 unspecified atom stereocenters. The lowest BCUT2D eigenvalue weighted by Gasteiger charge is -2.61. The molecular weight excluding hydrogens is 342 g/mol. The van der Waals surface area contributed by atoms with Crippen LogP contribution in [0.15, 0.2) is 41.4 Å². The normalized spacial score (nSPS) is 30.0. The highest BCUT2D eigenvalue weighted by atomic mass is 19.3. The van der Waals surface area contributed by atoms with E-state index >= 15 is 0 Å². The fourth-order valence-electron chi connectivity index (χ4n) is 3.79. The Balaban J connectivity index is 1.90. The summed E-state index contributed by atoms with van der Waals surface area (Å²) in [5.74, 6) is -2.76. The Morgan fingerprint density at radius 1 is 1.54 bits per heavy atom. The van der Waals surface area contributed by atoms with E-state index in [1.54, 1.807) is 23.2 Å². The van der Waals surface area contributed by atoms with Crippen LogP contribution >= 0.6 is 0 Å². The summed E-state index contributed by atoms with van der Waals surface area (Å²) in [6.07, 6.45) is 4.98. The summed E-state index contributed by atoms with van der Waals surface area (Å²) in [6.45, 7) is 3.31. The van der Waals surface area contributed by atoms with Crippen LogP contribution in [0.5, 0.6) is 0 Å². The Bertz CT molecular complexity index is 766. The van der Waals surface area contributed by atoms with Gasteiger partial charge in [-0.15, -0.1) is 0 Å². The Morgan fingerprint density at radius 2 is 2.31 bits per heavy atom. The Labute approximate surface area is 150 Å². The number of amides is 1. The first-order valence-corrected chi connectivity index (χ1v) is 8.28. The fourth-order valence-corrected chi connectivity index (χ4v) is 3.79. The van der Waals surface area contributed by atoms with Crippen LogP contribution in [0.1, 0.15) is 19.3 Å². The molecule has 3 aliphatic heterocycles. The highest BCUT2D eigenvalue weighted by Crippen LogP contribution is 2.50. The van der Waals surface area contributed by atoms with Crippen LogP contribution in [0.25, 0.3) is 0 Å². The molecule has 26 heavy (non-hydrogen) atoms. The molecule has 0 saturated carbocycles. The molecular formula is C17H20F2N6O. The Kier molecular flexibility index (Phi) is 4.44. The number of amidine groups is 1. The van der Waals surface area contributed by atoms with Gasteiger partial charge in [0.15, 0.2) is 0 Å². The van der Waals surface area contributed by atoms with Crippen molar-refractivity contribution >= 4 is 11.7 Å². The fraction of sp³-hybridized carbons (Fsp3) is 0.471. The average Bonchev–Trinajstić information content (AvgIpc) is 3.08. The van der Waals surface area contributed by atoms with E-state index in [0.717, 1.165) is 4.90 Å². The van der Waals surface area contributed by atoms with Crippen molar-refractivity contribution in [2.75, 3.05) is 19.6 Å². The van der Waals surface area contributed by atoms with Gasteiger partial charge in [-0.2, -0.15) is 5.26 Å². The first-order chi connectivity index (χ1) is 12.4. The summed E-state index contributed by atoms with van der Waals surface area (Å²) >= 11 is 0. The number of alkyl halides is 2. The monoisotopic (exact) mass is 362 g/mol. The predicted octanol–water partition coefficient (Wildman–Crippen LogP) is 1.04. The third-order valence-corrected chi connectivity index (χ3v) is 5.12. The van der Waals surface area contributed by atoms with Crippen molar-refractivity contribution in [3.8, 4) is 6.07 Å². The van der Waals surface area contributed by atoms with Crippen LogP contribution in [0.2, 0.25) is 0 Å². The van der Waals surface area contributed by atoms with Crippen molar-refractivity contribution < 1.29 is 13.6 Å². The van der Waals surface area contributed by atoms with Crippen LogP contribution in [0, 0.1) is 11.3 Å². The minimum absolute atomic E-state index is 0.0816. The van der Waals surface area contributed by atoms with Crippen LogP contribution in [-0.2, 0) is 4.79 Å². The summed E-state index contributed by atoms with van der Waals surface area (Å²) in [4.78, 5) is 19.0. The van der Waals surface area contributed by atoms with Crippen molar-refractivity contribution in [2.24, 2.45) is 10.7 Å². The Hall–Kier alpha value is -2.89. The summed E-state index contributed by atoms with van der Waals surface area (Å²) in [7, 11) is 0. The number of piperidine rings is 1. The van der Waals surface area contributed by atoms with E-state index in [1.165, 1.54) is 6.20 Å². The number of rotatable bonds is 3. The zero-order chi connectivity index (χ0) is 18.9. The molecule has 0 radical (unpaired) electrons. The molecule has 0 bridgehead atoms. The summed E-state index contributed by atoms with van der Waals surface area (Å²) < 4.78 is 29.0. The third kappa shape index (κ3) is 2.62. The lowest BCUT2D eigenvalue weighted by Crippen LogP contribution is -2.80. The van der Waals surface area contributed by atoms with Crippen LogP contribution in [-0.4, -0.2) is 52.6 Å². The lowest BCUT2D eigenvalue weighted by atomic mass is 9.74. The molecule has 0 aromatic heterocycles. The van der Waals surface area contributed by atoms with Crippen LogP contribution < -0.4 is 11.1 Å². The average molecular weight is 362 g/mol. The van der Waals surface area contributed by atoms with Crippen LogP contribution in [0.3, 0.4) is 0 Å². The number of nitriles is 1. The van der Waals surface area contributed by atoms with Crippen molar-refractivity contribution in [2.45, 2.75) is 30.7 Å². The molecule has 1 spiro atoms. The van der Waals surface area contributed by atoms with E-state index in [2.05, 4.69) is 16.9 Å². The van der Waals surface area contributed by atoms with Gasteiger partial charge in [0.1, 0.15) is 23.6 Å². The maximum absolute atomic E-state index is 14.5. The number of carbonyl (C=O) groups excluding carboxylic acids is 1. The minimum atomic E-state index is -3.01. The largest absolute Gasteiger partial charge is 0.385 e. The van der Waals surface area contributed by atoms with Gasteiger partial charge in [-0.3, -0.25) is 4.79 Å². The number of aliphatic imine (C=N–C) groups is 1. The molecule has 0 aromatic carbocycles. The highest BCUT2D eigenvalue weighted by molar-refractivity contribution is 6.04. The molecule has 2 fully saturated rings. The number of nitrogens with one attached hydrogen (secondary N) is 1. The van der Waals surface area contributed by atoms with Gasteiger partial charge in [-0.25, -0.2) is 13.8 Å². The summed E-state index contributed by atoms with van der Waals surface area (Å²) in [5.41, 5.74) is 5.22. The molecule has 0 aliphatic carbocycles. The van der Waals surface area contributed by atoms with E-state index in [1.807, 2.05) is 0 Å². The molecule has 1 atom stereocenters. The second kappa shape index (κ2) is 6.44. The number of nitrogens with two attached hydrogens (primary N) is 1. The van der Waals surface area contributed by atoms with E-state index in [9.17, 15) is 13.6 Å². The van der Waals surface area contributed by atoms with Crippen LogP contribution in [0.4, 0.5) is 8.78 Å². The maximum Gasteiger partial charge on any atom is 0.289 e. The van der Waals surface area contributed by atoms with E-state index < -0.39 is 30.3 Å². The van der Waals surface area contributed by atoms with Gasteiger partial charge in [-0.05, 0) is 18.9 Å². The molecule has 9 heteroatoms. The van der Waals surface area contributed by atoms with E-state index in [-0.39, 0.29) is 13.0 Å². The predicted molar refractivity (Wildman–Crippen MR) is 91.5 cm³/mol. The molecule has 1 amide bonds. The van der Waals surface area contributed by atoms with Gasteiger partial charge in [0, 0.05) is 25.5 Å². The third-order valence-electron chi connectivity index (χ3n) is 5.12. The zero-order valence-corrected chi connectivity index (χ0v) is 14.2. The standard InChI is InChI=1S/C17H20F2N6O/c1-2-22-15-12(5-8-23-15)14(21)24-9-3-6-16(10-24)17(18,19)11-25(16)13(26)4-7-20/h2,5,8H,1,3-4,6,9-11,21H2,(H,22,23)/b14-12+/t16-/m1/s1. The van der Waals surface area contributed by atoms with Gasteiger partial charge < -0.3 is 20.9 Å². The molecule has 2 saturated heterocycles. The van der Waals surface area contributed by atoms with Gasteiger partial charge >= 0.3 is 0 Å². The zero-order valence-electron chi connectivity index (χ0n) is 14.2. The molecule has 138 valence electrons. The smallest absolute Gasteiger partial charge is 0.289 e. The van der Waals surface area contributed by atoms with Gasteiger partial charge in [0.25, 0.3) is 5.92 Å². The number of carbonyl (C=O) groups is 1. The van der Waals surface area contributed by atoms with E-state index in [4.69, 9.17) is 11.0 Å². The van der Waals surface area contributed by atoms with Crippen molar-refractivity contribution in [1.82, 2.24) is 15.1 Å². The minimum Gasteiger partial charge on any atom is -0.385 e. The first kappa shape index (κ1) is 17.9. The Morgan fingerprint density at radius 3 is 2.96 bits per heavy atom. The maximum atomic E-state index is 14.5. The number of hydrogen-bond donors (Lipinski definition) is 2. The van der Waals surface area contributed by atoms with E-state index in [0.29, 0.717) is 30.2 Å². The highest BCUT2D eigenvalue weighted by Gasteiger charge is 2.69. The first-order valence-electron chi connectivity index (χ1n) is 8.28. The summed E-state index contributed by atoms with van der Waals surface area (Å²) in [6, 6.07) is 1.74. The van der Waals surface area contributed by atoms with Gasteiger partial charge in [0.05, 0.1) is 18.2 Å². The van der Waals surface area contributed by atoms with Gasteiger partial charge in [0.2, 0.25) is 5.91 Å². The molecule has 3 heterocycles. The molecule has 3 N–H and O–H groups in total. The molecule has 3 aliphatic rings. The molecule has 7 nitrogen and oxygen atoms in total. The quantitative estimate of drug-likeness (QED) is 0.782. The number of hydrogen-bond acceptors (Lipinski definition) is 5. The molecule has 0 aromatic rings. The lowest BCUT2D eigenvalue weighted by molar-refractivity contribution is -0.253.